The summed E-state index contributed by atoms with van der Waals surface area (Å²) in [7, 11) is 0. The number of rotatable bonds is 0. The molecule has 0 spiro atoms. The highest BCUT2D eigenvalue weighted by Crippen LogP contribution is 2.10. The van der Waals surface area contributed by atoms with Crippen molar-refractivity contribution in [3.63, 3.8) is 0 Å². The van der Waals surface area contributed by atoms with Crippen LogP contribution in [0.3, 0.4) is 0 Å². The Hall–Kier alpha value is -0.850. The fraction of sp³-hybridized carbons (Fsp3) is 0.688. The molecule has 0 aromatic rings. The van der Waals surface area contributed by atoms with Gasteiger partial charge in [0.15, 0.2) is 0 Å². The lowest BCUT2D eigenvalue weighted by Crippen LogP contribution is -1.97. The Labute approximate surface area is 106 Å². The van der Waals surface area contributed by atoms with Gasteiger partial charge < -0.3 is 0 Å². The van der Waals surface area contributed by atoms with Crippen LogP contribution in [0, 0.1) is 0 Å². The second-order valence-electron chi connectivity index (χ2n) is 4.95. The highest BCUT2D eigenvalue weighted by Gasteiger charge is 2.01. The van der Waals surface area contributed by atoms with Gasteiger partial charge in [-0.3, -0.25) is 4.79 Å². The summed E-state index contributed by atoms with van der Waals surface area (Å²) in [5.41, 5.74) is 0. The molecule has 0 fully saturated rings. The van der Waals surface area contributed by atoms with E-state index < -0.39 is 0 Å². The Morgan fingerprint density at radius 3 is 1.71 bits per heavy atom. The van der Waals surface area contributed by atoms with Gasteiger partial charge in [-0.15, -0.1) is 0 Å². The Morgan fingerprint density at radius 2 is 1.12 bits per heavy atom. The molecule has 0 saturated heterocycles. The third-order valence-corrected chi connectivity index (χ3v) is 3.29. The first-order valence-electron chi connectivity index (χ1n) is 7.23. The predicted octanol–water partition coefficient (Wildman–Crippen LogP) is 4.97. The van der Waals surface area contributed by atoms with Crippen molar-refractivity contribution in [1.29, 1.82) is 0 Å². The van der Waals surface area contributed by atoms with Crippen LogP contribution in [0.4, 0.5) is 0 Å². The number of carbonyl (C=O) groups is 1. The first kappa shape index (κ1) is 14.2. The van der Waals surface area contributed by atoms with Crippen LogP contribution < -0.4 is 0 Å². The summed E-state index contributed by atoms with van der Waals surface area (Å²) >= 11 is 0. The topological polar surface area (TPSA) is 17.1 Å². The Kier molecular flexibility index (Phi) is 8.62. The van der Waals surface area contributed by atoms with E-state index in [9.17, 15) is 4.79 Å². The van der Waals surface area contributed by atoms with Crippen molar-refractivity contribution in [3.05, 3.63) is 24.3 Å². The zero-order valence-corrected chi connectivity index (χ0v) is 11.0. The van der Waals surface area contributed by atoms with Crippen molar-refractivity contribution in [2.75, 3.05) is 0 Å². The lowest BCUT2D eigenvalue weighted by molar-refractivity contribution is -0.119. The van der Waals surface area contributed by atoms with Crippen LogP contribution in [0.2, 0.25) is 0 Å². The van der Waals surface area contributed by atoms with Gasteiger partial charge in [0.25, 0.3) is 0 Å². The van der Waals surface area contributed by atoms with E-state index in [1.54, 1.807) is 0 Å². The zero-order chi connectivity index (χ0) is 12.2. The van der Waals surface area contributed by atoms with Crippen LogP contribution in [0.25, 0.3) is 0 Å². The van der Waals surface area contributed by atoms with Crippen LogP contribution >= 0.6 is 0 Å². The van der Waals surface area contributed by atoms with Gasteiger partial charge in [-0.2, -0.15) is 0 Å². The molecule has 1 heteroatoms. The van der Waals surface area contributed by atoms with E-state index in [0.29, 0.717) is 5.78 Å². The lowest BCUT2D eigenvalue weighted by atomic mass is 10.0. The van der Waals surface area contributed by atoms with Crippen LogP contribution in [0.5, 0.6) is 0 Å². The van der Waals surface area contributed by atoms with Gasteiger partial charge in [-0.1, -0.05) is 43.6 Å². The van der Waals surface area contributed by atoms with Crippen LogP contribution in [-0.4, -0.2) is 5.78 Å². The molecule has 0 saturated carbocycles. The number of Topliss-reactive ketones (excluding diaryl/α,β-unsaturated/α-hetero) is 1. The van der Waals surface area contributed by atoms with Crippen molar-refractivity contribution in [2.45, 2.75) is 70.6 Å². The molecule has 0 aromatic carbocycles. The minimum absolute atomic E-state index is 0.479. The average Bonchev–Trinajstić information content (AvgIpc) is 2.32. The van der Waals surface area contributed by atoms with E-state index in [1.807, 2.05) is 0 Å². The third kappa shape index (κ3) is 8.91. The van der Waals surface area contributed by atoms with Crippen molar-refractivity contribution < 1.29 is 4.79 Å². The van der Waals surface area contributed by atoms with Gasteiger partial charge in [0, 0.05) is 12.8 Å². The monoisotopic (exact) mass is 234 g/mol. The minimum Gasteiger partial charge on any atom is -0.300 e. The summed E-state index contributed by atoms with van der Waals surface area (Å²) in [4.78, 5) is 11.6. The maximum absolute atomic E-state index is 11.6. The molecule has 0 amide bonds. The number of allylic oxidation sites excluding steroid dienone is 4. The maximum Gasteiger partial charge on any atom is 0.132 e. The second-order valence-corrected chi connectivity index (χ2v) is 4.95. The second kappa shape index (κ2) is 10.3. The summed E-state index contributed by atoms with van der Waals surface area (Å²) in [5, 5.41) is 0. The molecule has 1 nitrogen and oxygen atoms in total. The van der Waals surface area contributed by atoms with E-state index in [0.717, 1.165) is 32.1 Å². The first-order chi connectivity index (χ1) is 8.39. The van der Waals surface area contributed by atoms with E-state index in [1.165, 1.54) is 38.5 Å². The summed E-state index contributed by atoms with van der Waals surface area (Å²) in [6.45, 7) is 0. The van der Waals surface area contributed by atoms with Gasteiger partial charge in [0.2, 0.25) is 0 Å². The number of ketones is 1. The molecule has 0 atom stereocenters. The van der Waals surface area contributed by atoms with E-state index in [2.05, 4.69) is 24.3 Å². The van der Waals surface area contributed by atoms with Crippen molar-refractivity contribution in [1.82, 2.24) is 0 Å². The van der Waals surface area contributed by atoms with Crippen molar-refractivity contribution in [3.8, 4) is 0 Å². The van der Waals surface area contributed by atoms with Crippen LogP contribution in [-0.2, 0) is 4.79 Å². The third-order valence-electron chi connectivity index (χ3n) is 3.29. The summed E-state index contributed by atoms with van der Waals surface area (Å²) in [6, 6.07) is 0. The molecule has 0 aromatic heterocycles. The SMILES string of the molecule is O=C1CCCCC/C=C/C=C\CCCCCC1. The van der Waals surface area contributed by atoms with Crippen LogP contribution in [0.1, 0.15) is 70.6 Å². The molecule has 0 bridgehead atoms. The first-order valence-corrected chi connectivity index (χ1v) is 7.23. The fourth-order valence-electron chi connectivity index (χ4n) is 2.17. The molecular formula is C16H26O. The molecule has 1 aliphatic rings. The molecule has 17 heavy (non-hydrogen) atoms. The van der Waals surface area contributed by atoms with Crippen molar-refractivity contribution >= 4 is 5.78 Å². The molecule has 1 rings (SSSR count). The van der Waals surface area contributed by atoms with E-state index >= 15 is 0 Å². The highest BCUT2D eigenvalue weighted by atomic mass is 16.1. The van der Waals surface area contributed by atoms with Gasteiger partial charge in [-0.05, 0) is 38.5 Å². The smallest absolute Gasteiger partial charge is 0.132 e. The molecule has 0 aliphatic heterocycles. The number of carbonyl (C=O) groups excluding carboxylic acids is 1. The molecule has 0 heterocycles. The van der Waals surface area contributed by atoms with Gasteiger partial charge in [-0.25, -0.2) is 0 Å². The predicted molar refractivity (Wildman–Crippen MR) is 74.1 cm³/mol. The maximum atomic E-state index is 11.6. The summed E-state index contributed by atoms with van der Waals surface area (Å²) < 4.78 is 0. The number of hydrogen-bond donors (Lipinski definition) is 0. The van der Waals surface area contributed by atoms with Gasteiger partial charge in [0.05, 0.1) is 0 Å². The minimum atomic E-state index is 0.479. The molecule has 0 N–H and O–H groups in total. The zero-order valence-electron chi connectivity index (χ0n) is 11.0. The standard InChI is InChI=1S/C16H26O/c17-16-14-12-10-8-6-4-2-1-3-5-7-9-11-13-15-16/h1-4H,5-15H2/b3-1-,4-2+. The lowest BCUT2D eigenvalue weighted by Gasteiger charge is -2.02. The van der Waals surface area contributed by atoms with Gasteiger partial charge in [0.1, 0.15) is 5.78 Å². The molecule has 1 aliphatic carbocycles. The molecule has 0 unspecified atom stereocenters. The summed E-state index contributed by atoms with van der Waals surface area (Å²) in [5.74, 6) is 0.479. The largest absolute Gasteiger partial charge is 0.300 e. The van der Waals surface area contributed by atoms with Crippen molar-refractivity contribution in [2.24, 2.45) is 0 Å². The quantitative estimate of drug-likeness (QED) is 0.578. The fourth-order valence-corrected chi connectivity index (χ4v) is 2.17. The molecular weight excluding hydrogens is 208 g/mol. The normalized spacial score (nSPS) is 25.3. The Balaban J connectivity index is 2.25. The molecule has 96 valence electrons. The Morgan fingerprint density at radius 1 is 0.647 bits per heavy atom. The van der Waals surface area contributed by atoms with E-state index in [-0.39, 0.29) is 0 Å². The molecule has 0 radical (unpaired) electrons. The average molecular weight is 234 g/mol. The van der Waals surface area contributed by atoms with E-state index in [4.69, 9.17) is 0 Å². The Bertz CT molecular complexity index is 250. The van der Waals surface area contributed by atoms with Gasteiger partial charge >= 0.3 is 0 Å². The summed E-state index contributed by atoms with van der Waals surface area (Å²) in [6.07, 6.45) is 21.1. The number of hydrogen-bond acceptors (Lipinski definition) is 1. The van der Waals surface area contributed by atoms with Crippen LogP contribution in [0.15, 0.2) is 24.3 Å². The highest BCUT2D eigenvalue weighted by molar-refractivity contribution is 5.78.